The van der Waals surface area contributed by atoms with Crippen LogP contribution in [0, 0.1) is 18.3 Å². The van der Waals surface area contributed by atoms with Gasteiger partial charge >= 0.3 is 0 Å². The Balaban J connectivity index is 1.93. The fourth-order valence-electron chi connectivity index (χ4n) is 3.44. The summed E-state index contributed by atoms with van der Waals surface area (Å²) in [6, 6.07) is 18.4. The van der Waals surface area contributed by atoms with Gasteiger partial charge in [0.2, 0.25) is 15.7 Å². The van der Waals surface area contributed by atoms with E-state index in [0.29, 0.717) is 15.9 Å². The van der Waals surface area contributed by atoms with Crippen LogP contribution in [0.15, 0.2) is 85.9 Å². The molecule has 2 aromatic carbocycles. The van der Waals surface area contributed by atoms with Gasteiger partial charge in [-0.25, -0.2) is 8.42 Å². The number of rotatable bonds is 6. The van der Waals surface area contributed by atoms with Crippen molar-refractivity contribution < 1.29 is 13.2 Å². The Kier molecular flexibility index (Phi) is 6.87. The molecule has 0 amide bonds. The Labute approximate surface area is 211 Å². The molecular formula is C26H20BrN3O4S. The average molecular weight is 550 g/mol. The molecule has 9 heteroatoms. The Morgan fingerprint density at radius 2 is 1.83 bits per heavy atom. The summed E-state index contributed by atoms with van der Waals surface area (Å²) in [5, 5.41) is 9.75. The molecule has 0 unspecified atom stereocenters. The zero-order chi connectivity index (χ0) is 25.2. The zero-order valence-electron chi connectivity index (χ0n) is 18.9. The summed E-state index contributed by atoms with van der Waals surface area (Å²) in [5.41, 5.74) is 1.49. The number of nitriles is 1. The molecule has 35 heavy (non-hydrogen) atoms. The molecule has 2 heterocycles. The number of pyridine rings is 1. The number of nitrogens with zero attached hydrogens (tertiary/aromatic N) is 3. The first-order valence-electron chi connectivity index (χ1n) is 10.7. The topological polar surface area (TPSA) is 102 Å². The van der Waals surface area contributed by atoms with Crippen molar-refractivity contribution in [3.8, 4) is 17.7 Å². The Bertz CT molecular complexity index is 1650. The van der Waals surface area contributed by atoms with Crippen molar-refractivity contribution in [2.75, 3.05) is 0 Å². The second-order valence-electron chi connectivity index (χ2n) is 7.70. The van der Waals surface area contributed by atoms with E-state index < -0.39 is 20.3 Å². The second kappa shape index (κ2) is 9.86. The number of aryl methyl sites for hydroxylation is 2. The Morgan fingerprint density at radius 1 is 1.14 bits per heavy atom. The first-order chi connectivity index (χ1) is 16.7. The minimum absolute atomic E-state index is 0.0733. The minimum Gasteiger partial charge on any atom is -0.438 e. The summed E-state index contributed by atoms with van der Waals surface area (Å²) < 4.78 is 34.3. The maximum absolute atomic E-state index is 13.4. The summed E-state index contributed by atoms with van der Waals surface area (Å²) in [7, 11) is -4.20. The third-order valence-electron chi connectivity index (χ3n) is 5.39. The summed E-state index contributed by atoms with van der Waals surface area (Å²) in [6.07, 6.45) is 3.41. The van der Waals surface area contributed by atoms with Crippen LogP contribution in [0.1, 0.15) is 23.6 Å². The monoisotopic (exact) mass is 549 g/mol. The highest BCUT2D eigenvalue weighted by Gasteiger charge is 2.24. The molecule has 0 aliphatic carbocycles. The molecule has 7 nitrogen and oxygen atoms in total. The van der Waals surface area contributed by atoms with E-state index in [1.807, 2.05) is 19.1 Å². The smallest absolute Gasteiger partial charge is 0.269 e. The van der Waals surface area contributed by atoms with E-state index in [1.54, 1.807) is 49.4 Å². The van der Waals surface area contributed by atoms with Gasteiger partial charge < -0.3 is 4.74 Å². The first kappa shape index (κ1) is 24.4. The van der Waals surface area contributed by atoms with Crippen molar-refractivity contribution in [3.05, 3.63) is 103 Å². The average Bonchev–Trinajstić information content (AvgIpc) is 2.85. The van der Waals surface area contributed by atoms with E-state index >= 15 is 0 Å². The lowest BCUT2D eigenvalue weighted by Crippen LogP contribution is -2.20. The van der Waals surface area contributed by atoms with Gasteiger partial charge in [0.25, 0.3) is 5.56 Å². The van der Waals surface area contributed by atoms with E-state index in [0.717, 1.165) is 23.6 Å². The van der Waals surface area contributed by atoms with E-state index in [2.05, 4.69) is 20.9 Å². The summed E-state index contributed by atoms with van der Waals surface area (Å²) >= 11 is 3.27. The van der Waals surface area contributed by atoms with Crippen molar-refractivity contribution in [1.29, 1.82) is 5.26 Å². The number of halogens is 1. The van der Waals surface area contributed by atoms with Gasteiger partial charge in [0, 0.05) is 10.7 Å². The van der Waals surface area contributed by atoms with Gasteiger partial charge in [-0.15, -0.1) is 0 Å². The van der Waals surface area contributed by atoms with Gasteiger partial charge in [0.1, 0.15) is 27.9 Å². The van der Waals surface area contributed by atoms with Crippen LogP contribution in [0.3, 0.4) is 0 Å². The molecule has 4 aromatic rings. The first-order valence-corrected chi connectivity index (χ1v) is 12.9. The number of fused-ring (bicyclic) bond motifs is 1. The van der Waals surface area contributed by atoms with Crippen molar-refractivity contribution >= 4 is 37.5 Å². The zero-order valence-corrected chi connectivity index (χ0v) is 21.3. The fourth-order valence-corrected chi connectivity index (χ4v) is 4.85. The standard InChI is InChI=1S/C26H20BrN3O4S/c1-3-18-6-10-20(11-7-18)34-25-23(26(31)30-14-4-5-17(2)24(30)29-25)15-22(16-28)35(32,33)21-12-8-19(27)9-13-21/h4-15H,3H2,1-2H3/b22-15+. The molecule has 0 aliphatic rings. The highest BCUT2D eigenvalue weighted by molar-refractivity contribution is 9.10. The van der Waals surface area contributed by atoms with Crippen LogP contribution in [0.4, 0.5) is 0 Å². The van der Waals surface area contributed by atoms with Gasteiger partial charge in [-0.2, -0.15) is 10.2 Å². The predicted octanol–water partition coefficient (Wildman–Crippen LogP) is 5.46. The molecule has 0 fully saturated rings. The largest absolute Gasteiger partial charge is 0.438 e. The minimum atomic E-state index is -4.20. The van der Waals surface area contributed by atoms with E-state index in [1.165, 1.54) is 22.7 Å². The van der Waals surface area contributed by atoms with E-state index in [4.69, 9.17) is 4.74 Å². The third-order valence-corrected chi connectivity index (χ3v) is 7.60. The van der Waals surface area contributed by atoms with E-state index in [9.17, 15) is 18.5 Å². The number of aromatic nitrogens is 2. The molecule has 4 rings (SSSR count). The van der Waals surface area contributed by atoms with Crippen LogP contribution in [0.5, 0.6) is 11.6 Å². The van der Waals surface area contributed by atoms with Crippen molar-refractivity contribution in [3.63, 3.8) is 0 Å². The molecular weight excluding hydrogens is 530 g/mol. The number of ether oxygens (including phenoxy) is 1. The summed E-state index contributed by atoms with van der Waals surface area (Å²) in [6.45, 7) is 3.83. The maximum Gasteiger partial charge on any atom is 0.269 e. The van der Waals surface area contributed by atoms with Crippen LogP contribution in [0.25, 0.3) is 11.7 Å². The number of hydrogen-bond donors (Lipinski definition) is 0. The molecule has 0 spiro atoms. The van der Waals surface area contributed by atoms with Gasteiger partial charge in [-0.05, 0) is 73.0 Å². The second-order valence-corrected chi connectivity index (χ2v) is 10.5. The maximum atomic E-state index is 13.4. The van der Waals surface area contributed by atoms with Crippen LogP contribution < -0.4 is 10.3 Å². The SMILES string of the molecule is CCc1ccc(Oc2nc3c(C)cccn3c(=O)c2/C=C(\C#N)S(=O)(=O)c2ccc(Br)cc2)cc1. The molecule has 0 radical (unpaired) electrons. The molecule has 2 aromatic heterocycles. The summed E-state index contributed by atoms with van der Waals surface area (Å²) in [4.78, 5) is 17.3. The Morgan fingerprint density at radius 3 is 2.46 bits per heavy atom. The molecule has 0 aliphatic heterocycles. The van der Waals surface area contributed by atoms with Crippen LogP contribution in [0.2, 0.25) is 0 Å². The Hall–Kier alpha value is -3.74. The van der Waals surface area contributed by atoms with Gasteiger partial charge in [-0.1, -0.05) is 41.1 Å². The molecule has 0 atom stereocenters. The van der Waals surface area contributed by atoms with Crippen LogP contribution in [-0.4, -0.2) is 17.8 Å². The number of benzene rings is 2. The lowest BCUT2D eigenvalue weighted by Gasteiger charge is -2.12. The lowest BCUT2D eigenvalue weighted by atomic mass is 10.2. The number of hydrogen-bond acceptors (Lipinski definition) is 6. The molecule has 0 bridgehead atoms. The molecule has 176 valence electrons. The van der Waals surface area contributed by atoms with E-state index in [-0.39, 0.29) is 16.3 Å². The van der Waals surface area contributed by atoms with Gasteiger partial charge in [0.05, 0.1) is 4.90 Å². The van der Waals surface area contributed by atoms with Crippen molar-refractivity contribution in [2.24, 2.45) is 0 Å². The fraction of sp³-hybridized carbons (Fsp3) is 0.115. The molecule has 0 saturated carbocycles. The van der Waals surface area contributed by atoms with Crippen LogP contribution >= 0.6 is 15.9 Å². The molecule has 0 N–H and O–H groups in total. The van der Waals surface area contributed by atoms with Crippen LogP contribution in [-0.2, 0) is 16.3 Å². The van der Waals surface area contributed by atoms with Gasteiger partial charge in [-0.3, -0.25) is 9.20 Å². The highest BCUT2D eigenvalue weighted by Crippen LogP contribution is 2.28. The number of sulfone groups is 1. The van der Waals surface area contributed by atoms with Crippen molar-refractivity contribution in [2.45, 2.75) is 25.2 Å². The third kappa shape index (κ3) is 4.90. The highest BCUT2D eigenvalue weighted by atomic mass is 79.9. The quantitative estimate of drug-likeness (QED) is 0.296. The predicted molar refractivity (Wildman–Crippen MR) is 137 cm³/mol. The van der Waals surface area contributed by atoms with Crippen molar-refractivity contribution in [1.82, 2.24) is 9.38 Å². The van der Waals surface area contributed by atoms with Gasteiger partial charge in [0.15, 0.2) is 0 Å². The molecule has 0 saturated heterocycles. The lowest BCUT2D eigenvalue weighted by molar-refractivity contribution is 0.460. The summed E-state index contributed by atoms with van der Waals surface area (Å²) in [5.74, 6) is 0.336. The normalized spacial score (nSPS) is 11.9. The number of allylic oxidation sites excluding steroid dienone is 1.